The van der Waals surface area contributed by atoms with Crippen molar-refractivity contribution in [3.8, 4) is 0 Å². The van der Waals surface area contributed by atoms with Crippen LogP contribution in [0.15, 0.2) is 48.7 Å². The Bertz CT molecular complexity index is 792. The molecule has 0 atom stereocenters. The molecule has 0 aliphatic carbocycles. The van der Waals surface area contributed by atoms with Crippen LogP contribution < -0.4 is 0 Å². The van der Waals surface area contributed by atoms with Gasteiger partial charge in [-0.25, -0.2) is 0 Å². The third-order valence-electron chi connectivity index (χ3n) is 3.30. The van der Waals surface area contributed by atoms with E-state index >= 15 is 0 Å². The van der Waals surface area contributed by atoms with Gasteiger partial charge in [0, 0.05) is 39.3 Å². The second-order valence-electron chi connectivity index (χ2n) is 4.58. The Morgan fingerprint density at radius 1 is 1.10 bits per heavy atom. The zero-order valence-electron chi connectivity index (χ0n) is 10.5. The molecule has 2 aromatic carbocycles. The van der Waals surface area contributed by atoms with Crippen LogP contribution in [0.25, 0.3) is 10.9 Å². The molecule has 0 radical (unpaired) electrons. The van der Waals surface area contributed by atoms with E-state index in [1.807, 2.05) is 53.2 Å². The number of halogens is 2. The first-order valence-electron chi connectivity index (χ1n) is 6.16. The molecule has 0 aliphatic heterocycles. The Balaban J connectivity index is 2.13. The van der Waals surface area contributed by atoms with E-state index in [4.69, 9.17) is 23.2 Å². The zero-order chi connectivity index (χ0) is 14.1. The van der Waals surface area contributed by atoms with Gasteiger partial charge in [0.05, 0.1) is 0 Å². The van der Waals surface area contributed by atoms with Gasteiger partial charge in [0.2, 0.25) is 0 Å². The maximum absolute atomic E-state index is 11.2. The van der Waals surface area contributed by atoms with Gasteiger partial charge < -0.3 is 4.57 Å². The molecule has 3 rings (SSSR count). The molecule has 20 heavy (non-hydrogen) atoms. The molecule has 0 bridgehead atoms. The van der Waals surface area contributed by atoms with Gasteiger partial charge in [-0.2, -0.15) is 0 Å². The largest absolute Gasteiger partial charge is 0.342 e. The highest BCUT2D eigenvalue weighted by molar-refractivity contribution is 6.31. The summed E-state index contributed by atoms with van der Waals surface area (Å²) in [7, 11) is 0. The number of fused-ring (bicyclic) bond motifs is 1. The Kier molecular flexibility index (Phi) is 3.51. The van der Waals surface area contributed by atoms with Gasteiger partial charge in [-0.15, -0.1) is 0 Å². The molecule has 0 amide bonds. The van der Waals surface area contributed by atoms with Gasteiger partial charge in [-0.1, -0.05) is 41.4 Å². The number of carbonyl (C=O) groups excluding carboxylic acids is 1. The normalized spacial score (nSPS) is 10.9. The van der Waals surface area contributed by atoms with Crippen LogP contribution >= 0.6 is 23.2 Å². The summed E-state index contributed by atoms with van der Waals surface area (Å²) in [5.41, 5.74) is 2.62. The van der Waals surface area contributed by atoms with Crippen molar-refractivity contribution in [3.63, 3.8) is 0 Å². The topological polar surface area (TPSA) is 22.0 Å². The average Bonchev–Trinajstić information content (AvgIpc) is 2.78. The number of carbonyl (C=O) groups is 1. The van der Waals surface area contributed by atoms with Crippen LogP contribution in [-0.4, -0.2) is 10.9 Å². The summed E-state index contributed by atoms with van der Waals surface area (Å²) in [5, 5.41) is 2.20. The lowest BCUT2D eigenvalue weighted by Gasteiger charge is -2.07. The maximum atomic E-state index is 11.2. The summed E-state index contributed by atoms with van der Waals surface area (Å²) in [4.78, 5) is 11.2. The molecule has 3 aromatic rings. The van der Waals surface area contributed by atoms with E-state index in [9.17, 15) is 4.79 Å². The van der Waals surface area contributed by atoms with Crippen LogP contribution in [0.2, 0.25) is 10.0 Å². The standard InChI is InChI=1S/C16H11Cl2NO/c17-13-5-6-16-14(7-13)12(10-20)9-19(16)8-11-3-1-2-4-15(11)18/h1-7,9-10H,8H2. The fourth-order valence-electron chi connectivity index (χ4n) is 2.33. The number of nitrogens with zero attached hydrogens (tertiary/aromatic N) is 1. The van der Waals surface area contributed by atoms with Crippen molar-refractivity contribution in [3.05, 3.63) is 69.8 Å². The molecule has 100 valence electrons. The molecule has 0 unspecified atom stereocenters. The first kappa shape index (κ1) is 13.2. The average molecular weight is 304 g/mol. The van der Waals surface area contributed by atoms with Gasteiger partial charge in [0.1, 0.15) is 0 Å². The fraction of sp³-hybridized carbons (Fsp3) is 0.0625. The van der Waals surface area contributed by atoms with Crippen LogP contribution in [0, 0.1) is 0 Å². The third-order valence-corrected chi connectivity index (χ3v) is 3.90. The van der Waals surface area contributed by atoms with Gasteiger partial charge in [0.25, 0.3) is 0 Å². The summed E-state index contributed by atoms with van der Waals surface area (Å²) < 4.78 is 2.01. The highest BCUT2D eigenvalue weighted by Gasteiger charge is 2.10. The molecule has 0 spiro atoms. The predicted molar refractivity (Wildman–Crippen MR) is 82.9 cm³/mol. The number of benzene rings is 2. The number of aldehydes is 1. The van der Waals surface area contributed by atoms with Crippen LogP contribution in [0.1, 0.15) is 15.9 Å². The van der Waals surface area contributed by atoms with Crippen molar-refractivity contribution < 1.29 is 4.79 Å². The van der Waals surface area contributed by atoms with Crippen LogP contribution in [0.3, 0.4) is 0 Å². The summed E-state index contributed by atoms with van der Waals surface area (Å²) in [5.74, 6) is 0. The number of aromatic nitrogens is 1. The molecule has 1 heterocycles. The summed E-state index contributed by atoms with van der Waals surface area (Å²) in [6.07, 6.45) is 2.68. The van der Waals surface area contributed by atoms with Crippen LogP contribution in [0.5, 0.6) is 0 Å². The maximum Gasteiger partial charge on any atom is 0.152 e. The Labute approximate surface area is 126 Å². The predicted octanol–water partition coefficient (Wildman–Crippen LogP) is 4.81. The molecule has 0 aliphatic rings. The van der Waals surface area contributed by atoms with E-state index in [1.54, 1.807) is 0 Å². The lowest BCUT2D eigenvalue weighted by Crippen LogP contribution is -1.98. The van der Waals surface area contributed by atoms with Crippen molar-refractivity contribution in [2.75, 3.05) is 0 Å². The molecule has 4 heteroatoms. The molecule has 1 aromatic heterocycles. The van der Waals surface area contributed by atoms with E-state index in [0.29, 0.717) is 17.1 Å². The van der Waals surface area contributed by atoms with E-state index in [0.717, 1.165) is 27.8 Å². The second kappa shape index (κ2) is 5.31. The molecule has 2 nitrogen and oxygen atoms in total. The quantitative estimate of drug-likeness (QED) is 0.636. The zero-order valence-corrected chi connectivity index (χ0v) is 12.0. The third kappa shape index (κ3) is 2.33. The van der Waals surface area contributed by atoms with Gasteiger partial charge in [-0.3, -0.25) is 4.79 Å². The van der Waals surface area contributed by atoms with Crippen LogP contribution in [0.4, 0.5) is 0 Å². The lowest BCUT2D eigenvalue weighted by atomic mass is 10.2. The first-order valence-corrected chi connectivity index (χ1v) is 6.91. The minimum atomic E-state index is 0.617. The lowest BCUT2D eigenvalue weighted by molar-refractivity contribution is 0.112. The Morgan fingerprint density at radius 2 is 1.90 bits per heavy atom. The molecular weight excluding hydrogens is 293 g/mol. The number of hydrogen-bond donors (Lipinski definition) is 0. The monoisotopic (exact) mass is 303 g/mol. The Hall–Kier alpha value is -1.77. The number of hydrogen-bond acceptors (Lipinski definition) is 1. The van der Waals surface area contributed by atoms with Crippen LogP contribution in [-0.2, 0) is 6.54 Å². The highest BCUT2D eigenvalue weighted by atomic mass is 35.5. The van der Waals surface area contributed by atoms with E-state index in [-0.39, 0.29) is 0 Å². The second-order valence-corrected chi connectivity index (χ2v) is 5.43. The van der Waals surface area contributed by atoms with Gasteiger partial charge in [0.15, 0.2) is 6.29 Å². The SMILES string of the molecule is O=Cc1cn(Cc2ccccc2Cl)c2ccc(Cl)cc12. The highest BCUT2D eigenvalue weighted by Crippen LogP contribution is 2.26. The smallest absolute Gasteiger partial charge is 0.152 e. The molecule has 0 saturated carbocycles. The van der Waals surface area contributed by atoms with Gasteiger partial charge >= 0.3 is 0 Å². The van der Waals surface area contributed by atoms with E-state index < -0.39 is 0 Å². The van der Waals surface area contributed by atoms with E-state index in [1.165, 1.54) is 0 Å². The van der Waals surface area contributed by atoms with Gasteiger partial charge in [-0.05, 0) is 29.8 Å². The minimum Gasteiger partial charge on any atom is -0.342 e. The summed E-state index contributed by atoms with van der Waals surface area (Å²) in [6, 6.07) is 13.2. The van der Waals surface area contributed by atoms with Crippen molar-refractivity contribution >= 4 is 40.4 Å². The van der Waals surface area contributed by atoms with Crippen molar-refractivity contribution in [2.24, 2.45) is 0 Å². The fourth-order valence-corrected chi connectivity index (χ4v) is 2.70. The van der Waals surface area contributed by atoms with Crippen molar-refractivity contribution in [1.82, 2.24) is 4.57 Å². The first-order chi connectivity index (χ1) is 9.69. The molecule has 0 N–H and O–H groups in total. The summed E-state index contributed by atoms with van der Waals surface area (Å²) in [6.45, 7) is 0.617. The summed E-state index contributed by atoms with van der Waals surface area (Å²) >= 11 is 12.2. The molecule has 0 fully saturated rings. The molecule has 0 saturated heterocycles. The van der Waals surface area contributed by atoms with E-state index in [2.05, 4.69) is 0 Å². The number of rotatable bonds is 3. The van der Waals surface area contributed by atoms with Crippen molar-refractivity contribution in [1.29, 1.82) is 0 Å². The Morgan fingerprint density at radius 3 is 2.65 bits per heavy atom. The van der Waals surface area contributed by atoms with Crippen molar-refractivity contribution in [2.45, 2.75) is 6.54 Å². The minimum absolute atomic E-state index is 0.617. The molecular formula is C16H11Cl2NO.